The number of piperazine rings is 1. The van der Waals surface area contributed by atoms with Gasteiger partial charge >= 0.3 is 6.09 Å². The molecule has 1 spiro atoms. The van der Waals surface area contributed by atoms with Crippen molar-refractivity contribution >= 4 is 23.5 Å². The van der Waals surface area contributed by atoms with Crippen molar-refractivity contribution in [3.8, 4) is 17.0 Å². The number of hydrogen-bond acceptors (Lipinski definition) is 11. The van der Waals surface area contributed by atoms with E-state index in [9.17, 15) is 9.90 Å². The van der Waals surface area contributed by atoms with E-state index in [1.165, 1.54) is 18.4 Å². The lowest BCUT2D eigenvalue weighted by Crippen LogP contribution is -2.57. The fourth-order valence-corrected chi connectivity index (χ4v) is 8.50. The number of para-hydroxylation sites is 1. The summed E-state index contributed by atoms with van der Waals surface area (Å²) < 4.78 is 5.60. The summed E-state index contributed by atoms with van der Waals surface area (Å²) in [4.78, 5) is 31.5. The van der Waals surface area contributed by atoms with Crippen LogP contribution in [0.25, 0.3) is 11.3 Å². The third-order valence-electron chi connectivity index (χ3n) is 11.4. The summed E-state index contributed by atoms with van der Waals surface area (Å²) in [5, 5.41) is 22.4. The van der Waals surface area contributed by atoms with Crippen molar-refractivity contribution < 1.29 is 14.6 Å². The summed E-state index contributed by atoms with van der Waals surface area (Å²) >= 11 is 0. The van der Waals surface area contributed by atoms with Crippen LogP contribution in [0.3, 0.4) is 0 Å². The molecule has 0 unspecified atom stereocenters. The average Bonchev–Trinajstić information content (AvgIpc) is 3.10. The molecule has 2 aromatic heterocycles. The van der Waals surface area contributed by atoms with E-state index in [4.69, 9.17) is 14.7 Å². The number of amides is 1. The van der Waals surface area contributed by atoms with Crippen LogP contribution in [0.1, 0.15) is 77.7 Å². The number of carbonyl (C=O) groups is 1. The van der Waals surface area contributed by atoms with Gasteiger partial charge in [0.1, 0.15) is 11.4 Å². The first-order chi connectivity index (χ1) is 24.0. The van der Waals surface area contributed by atoms with E-state index in [-0.39, 0.29) is 17.9 Å². The zero-order valence-electron chi connectivity index (χ0n) is 30.3. The lowest BCUT2D eigenvalue weighted by molar-refractivity contribution is -0.0530. The topological polar surface area (TPSA) is 123 Å². The third kappa shape index (κ3) is 7.17. The number of rotatable bonds is 6. The highest BCUT2D eigenvalue weighted by molar-refractivity contribution is 5.75. The summed E-state index contributed by atoms with van der Waals surface area (Å²) in [6.07, 6.45) is 10.9. The van der Waals surface area contributed by atoms with E-state index in [1.807, 2.05) is 50.9 Å². The minimum atomic E-state index is -0.443. The number of anilines is 3. The van der Waals surface area contributed by atoms with Crippen LogP contribution in [0, 0.1) is 5.41 Å². The molecule has 5 heterocycles. The van der Waals surface area contributed by atoms with Gasteiger partial charge < -0.3 is 34.8 Å². The van der Waals surface area contributed by atoms with Gasteiger partial charge in [0.25, 0.3) is 0 Å². The molecular formula is C38H53N9O3. The molecule has 3 aromatic rings. The van der Waals surface area contributed by atoms with E-state index in [0.717, 1.165) is 83.1 Å². The molecule has 4 fully saturated rings. The number of likely N-dealkylation sites (tertiary alicyclic amines) is 2. The van der Waals surface area contributed by atoms with Crippen LogP contribution in [0.2, 0.25) is 0 Å². The van der Waals surface area contributed by atoms with Crippen LogP contribution in [0.15, 0.2) is 42.7 Å². The predicted molar refractivity (Wildman–Crippen MR) is 196 cm³/mol. The van der Waals surface area contributed by atoms with E-state index < -0.39 is 5.60 Å². The van der Waals surface area contributed by atoms with E-state index in [2.05, 4.69) is 49.5 Å². The summed E-state index contributed by atoms with van der Waals surface area (Å²) in [6.45, 7) is 14.3. The molecule has 12 heteroatoms. The first-order valence-corrected chi connectivity index (χ1v) is 18.4. The van der Waals surface area contributed by atoms with Gasteiger partial charge in [0.05, 0.1) is 11.4 Å². The lowest BCUT2D eigenvalue weighted by Gasteiger charge is -2.56. The second-order valence-electron chi connectivity index (χ2n) is 15.9. The summed E-state index contributed by atoms with van der Waals surface area (Å²) in [7, 11) is 1.86. The van der Waals surface area contributed by atoms with E-state index in [1.54, 1.807) is 12.1 Å². The quantitative estimate of drug-likeness (QED) is 0.330. The number of piperidine rings is 2. The largest absolute Gasteiger partial charge is 0.507 e. The van der Waals surface area contributed by atoms with Gasteiger partial charge in [-0.05, 0) is 114 Å². The minimum Gasteiger partial charge on any atom is -0.507 e. The summed E-state index contributed by atoms with van der Waals surface area (Å²) in [5.74, 6) is 2.19. The number of aromatic nitrogens is 4. The maximum absolute atomic E-state index is 12.5. The molecule has 268 valence electrons. The van der Waals surface area contributed by atoms with Crippen molar-refractivity contribution in [1.82, 2.24) is 30.0 Å². The molecule has 1 aromatic carbocycles. The van der Waals surface area contributed by atoms with Crippen molar-refractivity contribution in [2.45, 2.75) is 89.8 Å². The van der Waals surface area contributed by atoms with Crippen LogP contribution in [0.5, 0.6) is 5.75 Å². The zero-order valence-corrected chi connectivity index (χ0v) is 30.3. The van der Waals surface area contributed by atoms with Gasteiger partial charge in [-0.1, -0.05) is 12.1 Å². The Morgan fingerprint density at radius 3 is 2.32 bits per heavy atom. The predicted octanol–water partition coefficient (Wildman–Crippen LogP) is 5.76. The molecule has 0 radical (unpaired) electrons. The first kappa shape index (κ1) is 34.3. The highest BCUT2D eigenvalue weighted by Gasteiger charge is 2.49. The number of carbonyl (C=O) groups excluding carboxylic acids is 1. The maximum Gasteiger partial charge on any atom is 0.410 e. The number of aromatic hydroxyl groups is 1. The standard InChI is InChI=1S/C38H53N9O3/c1-26-25-46(18-19-47(26)32-20-31(42-43-34(32)39-5)30-8-6-7-9-33(30)48)35-40-23-28(24-41-35)27-10-14-44(15-11-27)29-21-38(22-29)12-16-45(17-13-38)36(49)50-37(2,3)4/h6-9,20,23-24,26-27,29,48H,10-19,21-22,25H2,1-5H3,(H,39,43)/t26-/m0/s1. The van der Waals surface area contributed by atoms with Crippen molar-refractivity contribution in [2.24, 2.45) is 5.41 Å². The van der Waals surface area contributed by atoms with Gasteiger partial charge in [0.2, 0.25) is 5.95 Å². The number of nitrogens with one attached hydrogen (secondary N) is 1. The van der Waals surface area contributed by atoms with Gasteiger partial charge in [0.15, 0.2) is 5.82 Å². The highest BCUT2D eigenvalue weighted by Crippen LogP contribution is 2.51. The van der Waals surface area contributed by atoms with Crippen LogP contribution in [-0.4, -0.2) is 112 Å². The molecule has 1 atom stereocenters. The Labute approximate surface area is 296 Å². The van der Waals surface area contributed by atoms with Gasteiger partial charge in [-0.15, -0.1) is 10.2 Å². The average molecular weight is 684 g/mol. The molecule has 0 bridgehead atoms. The first-order valence-electron chi connectivity index (χ1n) is 18.4. The molecular weight excluding hydrogens is 630 g/mol. The number of phenols is 1. The monoisotopic (exact) mass is 683 g/mol. The smallest absolute Gasteiger partial charge is 0.410 e. The number of phenolic OH excluding ortho intramolecular Hbond substituents is 1. The summed E-state index contributed by atoms with van der Waals surface area (Å²) in [5.41, 5.74) is 3.49. The molecule has 2 N–H and O–H groups in total. The fourth-order valence-electron chi connectivity index (χ4n) is 8.50. The van der Waals surface area contributed by atoms with Crippen LogP contribution in [-0.2, 0) is 4.74 Å². The van der Waals surface area contributed by atoms with Gasteiger partial charge in [-0.3, -0.25) is 0 Å². The highest BCUT2D eigenvalue weighted by atomic mass is 16.6. The molecule has 1 aliphatic carbocycles. The van der Waals surface area contributed by atoms with Crippen LogP contribution in [0.4, 0.5) is 22.2 Å². The maximum atomic E-state index is 12.5. The Hall–Kier alpha value is -4.19. The number of benzene rings is 1. The van der Waals surface area contributed by atoms with E-state index >= 15 is 0 Å². The minimum absolute atomic E-state index is 0.164. The van der Waals surface area contributed by atoms with Crippen molar-refractivity contribution in [3.63, 3.8) is 0 Å². The molecule has 3 aliphatic heterocycles. The Morgan fingerprint density at radius 1 is 0.980 bits per heavy atom. The Balaban J connectivity index is 0.891. The second-order valence-corrected chi connectivity index (χ2v) is 15.9. The van der Waals surface area contributed by atoms with Crippen LogP contribution < -0.4 is 15.1 Å². The number of ether oxygens (including phenoxy) is 1. The number of hydrogen-bond donors (Lipinski definition) is 2. The lowest BCUT2D eigenvalue weighted by atomic mass is 9.59. The third-order valence-corrected chi connectivity index (χ3v) is 11.4. The van der Waals surface area contributed by atoms with Crippen LogP contribution >= 0.6 is 0 Å². The number of nitrogens with zero attached hydrogens (tertiary/aromatic N) is 8. The zero-order chi connectivity index (χ0) is 35.0. The Kier molecular flexibility index (Phi) is 9.49. The second kappa shape index (κ2) is 13.8. The Morgan fingerprint density at radius 2 is 1.68 bits per heavy atom. The van der Waals surface area contributed by atoms with Gasteiger partial charge in [0, 0.05) is 69.8 Å². The fraction of sp³-hybridized carbons (Fsp3) is 0.605. The van der Waals surface area contributed by atoms with Gasteiger partial charge in [-0.25, -0.2) is 14.8 Å². The SMILES string of the molecule is CNc1nnc(-c2ccccc2O)cc1N1CCN(c2ncc(C3CCN(C4CC5(CCN(C(=O)OC(C)(C)C)CC5)C4)CC3)cn2)C[C@@H]1C. The molecule has 4 aliphatic rings. The van der Waals surface area contributed by atoms with Gasteiger partial charge in [-0.2, -0.15) is 0 Å². The molecule has 50 heavy (non-hydrogen) atoms. The molecule has 1 amide bonds. The molecule has 7 rings (SSSR count). The Bertz CT molecular complexity index is 1640. The molecule has 12 nitrogen and oxygen atoms in total. The van der Waals surface area contributed by atoms with Crippen molar-refractivity contribution in [3.05, 3.63) is 48.3 Å². The van der Waals surface area contributed by atoms with E-state index in [0.29, 0.717) is 34.4 Å². The van der Waals surface area contributed by atoms with Crippen molar-refractivity contribution in [2.75, 3.05) is 68.0 Å². The molecule has 3 saturated heterocycles. The van der Waals surface area contributed by atoms with Crippen molar-refractivity contribution in [1.29, 1.82) is 0 Å². The normalized spacial score (nSPS) is 22.0. The summed E-state index contributed by atoms with van der Waals surface area (Å²) in [6, 6.07) is 10.1. The molecule has 1 saturated carbocycles.